The van der Waals surface area contributed by atoms with Crippen LogP contribution in [0.2, 0.25) is 0 Å². The molecular formula is C73H139NO5. The first-order chi connectivity index (χ1) is 39.0. The highest BCUT2D eigenvalue weighted by Gasteiger charge is 2.18. The van der Waals surface area contributed by atoms with Gasteiger partial charge in [0.25, 0.3) is 0 Å². The van der Waals surface area contributed by atoms with Gasteiger partial charge in [0, 0.05) is 12.8 Å². The van der Waals surface area contributed by atoms with Gasteiger partial charge in [0.1, 0.15) is 0 Å². The number of aliphatic hydroxyl groups excluding tert-OH is 2. The number of ether oxygens (including phenoxy) is 1. The van der Waals surface area contributed by atoms with Crippen molar-refractivity contribution in [1.82, 2.24) is 5.32 Å². The molecule has 0 heterocycles. The van der Waals surface area contributed by atoms with E-state index in [1.54, 1.807) is 6.08 Å². The van der Waals surface area contributed by atoms with Crippen molar-refractivity contribution in [2.45, 2.75) is 405 Å². The first-order valence-corrected chi connectivity index (χ1v) is 35.8. The Morgan fingerprint density at radius 2 is 0.595 bits per heavy atom. The molecular weight excluding hydrogens is 971 g/mol. The van der Waals surface area contributed by atoms with E-state index in [4.69, 9.17) is 4.74 Å². The minimum absolute atomic E-state index is 0.0173. The molecule has 0 aliphatic carbocycles. The molecule has 6 heteroatoms. The minimum Gasteiger partial charge on any atom is -0.466 e. The van der Waals surface area contributed by atoms with Gasteiger partial charge in [-0.3, -0.25) is 9.59 Å². The van der Waals surface area contributed by atoms with Crippen LogP contribution in [0.3, 0.4) is 0 Å². The molecule has 0 aromatic carbocycles. The fraction of sp³-hybridized carbons (Fsp3) is 0.890. The van der Waals surface area contributed by atoms with E-state index in [2.05, 4.69) is 43.5 Å². The van der Waals surface area contributed by atoms with Crippen LogP contribution < -0.4 is 5.32 Å². The van der Waals surface area contributed by atoms with Gasteiger partial charge < -0.3 is 20.3 Å². The Morgan fingerprint density at radius 1 is 0.342 bits per heavy atom. The summed E-state index contributed by atoms with van der Waals surface area (Å²) in [4.78, 5) is 24.6. The molecule has 0 rings (SSSR count). The van der Waals surface area contributed by atoms with Gasteiger partial charge >= 0.3 is 5.97 Å². The Morgan fingerprint density at radius 3 is 0.899 bits per heavy atom. The van der Waals surface area contributed by atoms with Crippen LogP contribution in [0.4, 0.5) is 0 Å². The average Bonchev–Trinajstić information content (AvgIpc) is 3.45. The molecule has 0 saturated carbocycles. The highest BCUT2D eigenvalue weighted by Crippen LogP contribution is 2.18. The van der Waals surface area contributed by atoms with Crippen molar-refractivity contribution in [3.8, 4) is 0 Å². The average molecular weight is 1110 g/mol. The fourth-order valence-electron chi connectivity index (χ4n) is 11.2. The van der Waals surface area contributed by atoms with Crippen LogP contribution in [0.15, 0.2) is 36.5 Å². The van der Waals surface area contributed by atoms with Crippen LogP contribution in [-0.2, 0) is 14.3 Å². The summed E-state index contributed by atoms with van der Waals surface area (Å²) in [5.41, 5.74) is 0. The molecule has 1 amide bonds. The van der Waals surface area contributed by atoms with Gasteiger partial charge in [-0.1, -0.05) is 333 Å². The SMILES string of the molecule is CCCCCCCC/C=C\CCCCCCCCCCCC(=O)OCCCCCCCCCCCCCC/C=C\CCCCCCCCCCCCCCCCCC(=O)NC(CO)C(O)/C=C/CCCCCCCCCCCC. The summed E-state index contributed by atoms with van der Waals surface area (Å²) in [6, 6.07) is -0.625. The largest absolute Gasteiger partial charge is 0.466 e. The predicted octanol–water partition coefficient (Wildman–Crippen LogP) is 23.1. The van der Waals surface area contributed by atoms with E-state index < -0.39 is 12.1 Å². The lowest BCUT2D eigenvalue weighted by atomic mass is 10.0. The van der Waals surface area contributed by atoms with Gasteiger partial charge in [0.05, 0.1) is 25.4 Å². The third-order valence-electron chi connectivity index (χ3n) is 16.6. The second-order valence-corrected chi connectivity index (χ2v) is 24.6. The maximum absolute atomic E-state index is 12.5. The third-order valence-corrected chi connectivity index (χ3v) is 16.6. The van der Waals surface area contributed by atoms with E-state index in [9.17, 15) is 19.8 Å². The number of nitrogens with one attached hydrogen (secondary N) is 1. The number of esters is 1. The Labute approximate surface area is 494 Å². The molecule has 0 saturated heterocycles. The zero-order chi connectivity index (χ0) is 57.1. The number of amides is 1. The summed E-state index contributed by atoms with van der Waals surface area (Å²) >= 11 is 0. The van der Waals surface area contributed by atoms with Gasteiger partial charge in [-0.25, -0.2) is 0 Å². The summed E-state index contributed by atoms with van der Waals surface area (Å²) in [5.74, 6) is -0.0479. The molecule has 0 bridgehead atoms. The van der Waals surface area contributed by atoms with Gasteiger partial charge in [-0.15, -0.1) is 0 Å². The zero-order valence-corrected chi connectivity index (χ0v) is 53.4. The van der Waals surface area contributed by atoms with E-state index in [0.717, 1.165) is 38.5 Å². The molecule has 79 heavy (non-hydrogen) atoms. The Kier molecular flexibility index (Phi) is 66.9. The highest BCUT2D eigenvalue weighted by molar-refractivity contribution is 5.76. The van der Waals surface area contributed by atoms with Crippen molar-refractivity contribution < 1.29 is 24.5 Å². The smallest absolute Gasteiger partial charge is 0.305 e. The Hall–Kier alpha value is -1.92. The summed E-state index contributed by atoms with van der Waals surface area (Å²) in [6.07, 6.45) is 88.1. The summed E-state index contributed by atoms with van der Waals surface area (Å²) in [7, 11) is 0. The van der Waals surface area contributed by atoms with Crippen LogP contribution in [0.5, 0.6) is 0 Å². The number of aliphatic hydroxyl groups is 2. The standard InChI is InChI=1S/C73H139NO5/c1-3-5-7-9-11-13-15-17-18-19-33-37-40-43-47-51-55-59-63-67-73(78)79-68-64-60-56-52-48-44-41-38-35-32-30-28-26-24-22-20-21-23-25-27-29-31-34-36-39-42-46-50-54-58-62-66-72(77)74-70(69-75)71(76)65-61-57-53-49-45-16-14-12-10-8-6-4-2/h17-18,22,24,61,65,70-71,75-76H,3-16,19-21,23,25-60,62-64,66-69H2,1-2H3,(H,74,77)/b18-17-,24-22-,65-61+. The lowest BCUT2D eigenvalue weighted by Crippen LogP contribution is -2.45. The van der Waals surface area contributed by atoms with Crippen LogP contribution >= 0.6 is 0 Å². The van der Waals surface area contributed by atoms with Gasteiger partial charge in [0.2, 0.25) is 5.91 Å². The summed E-state index contributed by atoms with van der Waals surface area (Å²) < 4.78 is 5.51. The number of rotatable bonds is 67. The number of unbranched alkanes of at least 4 members (excludes halogenated alkanes) is 52. The molecule has 0 aromatic heterocycles. The number of carbonyl (C=O) groups excluding carboxylic acids is 2. The molecule has 6 nitrogen and oxygen atoms in total. The molecule has 2 atom stereocenters. The highest BCUT2D eigenvalue weighted by atomic mass is 16.5. The maximum Gasteiger partial charge on any atom is 0.305 e. The second-order valence-electron chi connectivity index (χ2n) is 24.6. The van der Waals surface area contributed by atoms with Gasteiger partial charge in [-0.05, 0) is 83.5 Å². The monoisotopic (exact) mass is 1110 g/mol. The maximum atomic E-state index is 12.5. The van der Waals surface area contributed by atoms with Crippen molar-refractivity contribution in [1.29, 1.82) is 0 Å². The van der Waals surface area contributed by atoms with Crippen LogP contribution in [0.25, 0.3) is 0 Å². The molecule has 466 valence electrons. The number of hydrogen-bond donors (Lipinski definition) is 3. The van der Waals surface area contributed by atoms with E-state index in [1.165, 1.54) is 327 Å². The normalized spacial score (nSPS) is 12.7. The van der Waals surface area contributed by atoms with E-state index in [-0.39, 0.29) is 18.5 Å². The molecule has 0 radical (unpaired) electrons. The first-order valence-electron chi connectivity index (χ1n) is 35.8. The Balaban J connectivity index is 3.34. The molecule has 2 unspecified atom stereocenters. The topological polar surface area (TPSA) is 95.9 Å². The molecule has 0 aromatic rings. The number of allylic oxidation sites excluding steroid dienone is 5. The number of hydrogen-bond acceptors (Lipinski definition) is 5. The molecule has 0 fully saturated rings. The zero-order valence-electron chi connectivity index (χ0n) is 53.4. The number of carbonyl (C=O) groups is 2. The third kappa shape index (κ3) is 65.1. The van der Waals surface area contributed by atoms with E-state index >= 15 is 0 Å². The quantitative estimate of drug-likeness (QED) is 0.0320. The lowest BCUT2D eigenvalue weighted by Gasteiger charge is -2.20. The van der Waals surface area contributed by atoms with E-state index in [1.807, 2.05) is 6.08 Å². The van der Waals surface area contributed by atoms with Crippen molar-refractivity contribution in [2.75, 3.05) is 13.2 Å². The van der Waals surface area contributed by atoms with Crippen molar-refractivity contribution >= 4 is 11.9 Å². The fourth-order valence-corrected chi connectivity index (χ4v) is 11.2. The first kappa shape index (κ1) is 77.1. The van der Waals surface area contributed by atoms with Gasteiger partial charge in [-0.2, -0.15) is 0 Å². The molecule has 3 N–H and O–H groups in total. The van der Waals surface area contributed by atoms with Crippen molar-refractivity contribution in [3.05, 3.63) is 36.5 Å². The van der Waals surface area contributed by atoms with Crippen LogP contribution in [0.1, 0.15) is 393 Å². The minimum atomic E-state index is -0.842. The van der Waals surface area contributed by atoms with Crippen LogP contribution in [-0.4, -0.2) is 47.4 Å². The summed E-state index contributed by atoms with van der Waals surface area (Å²) in [6.45, 7) is 4.92. The summed E-state index contributed by atoms with van der Waals surface area (Å²) in [5, 5.41) is 23.1. The predicted molar refractivity (Wildman–Crippen MR) is 347 cm³/mol. The lowest BCUT2D eigenvalue weighted by molar-refractivity contribution is -0.143. The van der Waals surface area contributed by atoms with Crippen molar-refractivity contribution in [3.63, 3.8) is 0 Å². The molecule has 0 aliphatic rings. The Bertz CT molecular complexity index is 1280. The van der Waals surface area contributed by atoms with Crippen LogP contribution in [0, 0.1) is 0 Å². The molecule has 0 spiro atoms. The second kappa shape index (κ2) is 68.6. The van der Waals surface area contributed by atoms with Gasteiger partial charge in [0.15, 0.2) is 0 Å². The molecule has 0 aliphatic heterocycles. The van der Waals surface area contributed by atoms with Crippen molar-refractivity contribution in [2.24, 2.45) is 0 Å². The van der Waals surface area contributed by atoms with E-state index in [0.29, 0.717) is 19.4 Å².